The van der Waals surface area contributed by atoms with Crippen LogP contribution in [0.4, 0.5) is 0 Å². The molecule has 0 aliphatic heterocycles. The highest BCUT2D eigenvalue weighted by atomic mass is 35.5. The maximum Gasteiger partial charge on any atom is 0.124 e. The summed E-state index contributed by atoms with van der Waals surface area (Å²) >= 11 is 6.00. The van der Waals surface area contributed by atoms with Crippen LogP contribution in [0, 0.1) is 6.07 Å². The number of rotatable bonds is 1. The Morgan fingerprint density at radius 2 is 1.86 bits per heavy atom. The minimum atomic E-state index is 0.195. The fraction of sp³-hybridized carbons (Fsp3) is 0. The topological polar surface area (TPSA) is 20.2 Å². The molecule has 69 valence electrons. The van der Waals surface area contributed by atoms with E-state index in [9.17, 15) is 5.11 Å². The van der Waals surface area contributed by atoms with Gasteiger partial charge in [0.25, 0.3) is 0 Å². The molecule has 1 nitrogen and oxygen atoms in total. The van der Waals surface area contributed by atoms with E-state index in [0.717, 1.165) is 5.56 Å². The predicted molar refractivity (Wildman–Crippen MR) is 57.4 cm³/mol. The van der Waals surface area contributed by atoms with Gasteiger partial charge in [0.05, 0.1) is 0 Å². The van der Waals surface area contributed by atoms with Gasteiger partial charge in [-0.1, -0.05) is 41.9 Å². The van der Waals surface area contributed by atoms with E-state index in [0.29, 0.717) is 10.6 Å². The van der Waals surface area contributed by atoms with Gasteiger partial charge in [0.2, 0.25) is 0 Å². The highest BCUT2D eigenvalue weighted by molar-refractivity contribution is 6.33. The number of aromatic hydroxyl groups is 1. The number of hydrogen-bond acceptors (Lipinski definition) is 1. The molecule has 2 aromatic carbocycles. The third-order valence-electron chi connectivity index (χ3n) is 1.98. The largest absolute Gasteiger partial charge is 0.507 e. The zero-order valence-corrected chi connectivity index (χ0v) is 8.12. The first kappa shape index (κ1) is 9.10. The van der Waals surface area contributed by atoms with Crippen molar-refractivity contribution in [2.24, 2.45) is 0 Å². The number of phenols is 1. The Hall–Kier alpha value is -1.47. The van der Waals surface area contributed by atoms with Crippen molar-refractivity contribution in [3.63, 3.8) is 0 Å². The normalized spacial score (nSPS) is 10.1. The van der Waals surface area contributed by atoms with E-state index in [2.05, 4.69) is 6.07 Å². The van der Waals surface area contributed by atoms with E-state index in [1.54, 1.807) is 24.3 Å². The molecule has 0 unspecified atom stereocenters. The summed E-state index contributed by atoms with van der Waals surface area (Å²) in [5.74, 6) is 0.195. The van der Waals surface area contributed by atoms with Crippen LogP contribution in [-0.2, 0) is 0 Å². The van der Waals surface area contributed by atoms with Gasteiger partial charge in [-0.05, 0) is 18.2 Å². The van der Waals surface area contributed by atoms with E-state index >= 15 is 0 Å². The fourth-order valence-corrected chi connectivity index (χ4v) is 1.54. The summed E-state index contributed by atoms with van der Waals surface area (Å²) in [5.41, 5.74) is 1.44. The van der Waals surface area contributed by atoms with Crippen molar-refractivity contribution >= 4 is 11.6 Å². The van der Waals surface area contributed by atoms with Crippen LogP contribution in [-0.4, -0.2) is 5.11 Å². The second-order valence-electron chi connectivity index (χ2n) is 2.91. The monoisotopic (exact) mass is 203 g/mol. The highest BCUT2D eigenvalue weighted by Crippen LogP contribution is 2.32. The molecule has 0 aliphatic carbocycles. The van der Waals surface area contributed by atoms with Crippen LogP contribution < -0.4 is 0 Å². The fourth-order valence-electron chi connectivity index (χ4n) is 1.31. The van der Waals surface area contributed by atoms with Crippen LogP contribution >= 0.6 is 11.6 Å². The van der Waals surface area contributed by atoms with Crippen LogP contribution in [0.3, 0.4) is 0 Å². The average Bonchev–Trinajstić information content (AvgIpc) is 2.20. The smallest absolute Gasteiger partial charge is 0.124 e. The first-order chi connectivity index (χ1) is 6.79. The molecule has 0 atom stereocenters. The van der Waals surface area contributed by atoms with Crippen molar-refractivity contribution in [3.8, 4) is 16.9 Å². The first-order valence-electron chi connectivity index (χ1n) is 4.23. The number of benzene rings is 2. The molecular weight excluding hydrogens is 196 g/mol. The molecule has 0 saturated heterocycles. The first-order valence-corrected chi connectivity index (χ1v) is 4.61. The summed E-state index contributed by atoms with van der Waals surface area (Å²) in [4.78, 5) is 0. The zero-order valence-electron chi connectivity index (χ0n) is 7.37. The molecule has 0 spiro atoms. The van der Waals surface area contributed by atoms with E-state index in [-0.39, 0.29) is 5.75 Å². The van der Waals surface area contributed by atoms with E-state index in [1.807, 2.05) is 18.2 Å². The Labute approximate surface area is 87.6 Å². The van der Waals surface area contributed by atoms with Crippen LogP contribution in [0.5, 0.6) is 5.75 Å². The maximum atomic E-state index is 9.60. The molecule has 0 aromatic heterocycles. The Morgan fingerprint density at radius 3 is 2.57 bits per heavy atom. The predicted octanol–water partition coefficient (Wildman–Crippen LogP) is 3.51. The Kier molecular flexibility index (Phi) is 2.42. The number of hydrogen-bond donors (Lipinski definition) is 1. The summed E-state index contributed by atoms with van der Waals surface area (Å²) in [6, 6.07) is 15.4. The van der Waals surface area contributed by atoms with Gasteiger partial charge in [0, 0.05) is 16.1 Å². The van der Waals surface area contributed by atoms with Crippen LogP contribution in [0.1, 0.15) is 0 Å². The van der Waals surface area contributed by atoms with Crippen molar-refractivity contribution in [2.45, 2.75) is 0 Å². The second kappa shape index (κ2) is 3.72. The van der Waals surface area contributed by atoms with Crippen molar-refractivity contribution in [1.29, 1.82) is 0 Å². The van der Waals surface area contributed by atoms with Crippen molar-refractivity contribution in [2.75, 3.05) is 0 Å². The van der Waals surface area contributed by atoms with Gasteiger partial charge in [-0.25, -0.2) is 0 Å². The average molecular weight is 204 g/mol. The molecule has 2 heteroatoms. The molecule has 2 aromatic rings. The molecule has 0 bridgehead atoms. The van der Waals surface area contributed by atoms with Gasteiger partial charge < -0.3 is 5.11 Å². The molecule has 0 heterocycles. The molecular formula is C12H8ClO. The SMILES string of the molecule is Oc1ccc[c]c1-c1ccccc1Cl. The maximum absolute atomic E-state index is 9.60. The second-order valence-corrected chi connectivity index (χ2v) is 3.32. The van der Waals surface area contributed by atoms with Gasteiger partial charge in [-0.15, -0.1) is 0 Å². The number of halogens is 1. The van der Waals surface area contributed by atoms with Gasteiger partial charge in [0.1, 0.15) is 5.75 Å². The lowest BCUT2D eigenvalue weighted by Gasteiger charge is -2.05. The minimum Gasteiger partial charge on any atom is -0.507 e. The lowest BCUT2D eigenvalue weighted by molar-refractivity contribution is 0.477. The summed E-state index contributed by atoms with van der Waals surface area (Å²) in [7, 11) is 0. The molecule has 0 saturated carbocycles. The number of phenolic OH excluding ortho intramolecular Hbond substituents is 1. The van der Waals surface area contributed by atoms with Crippen LogP contribution in [0.2, 0.25) is 5.02 Å². The lowest BCUT2D eigenvalue weighted by Crippen LogP contribution is -1.79. The van der Waals surface area contributed by atoms with E-state index in [1.165, 1.54) is 0 Å². The standard InChI is InChI=1S/C12H8ClO/c13-11-7-3-1-5-9(11)10-6-2-4-8-12(10)14/h1-5,7-8,14H. The third kappa shape index (κ3) is 1.59. The lowest BCUT2D eigenvalue weighted by atomic mass is 10.1. The van der Waals surface area contributed by atoms with E-state index < -0.39 is 0 Å². The van der Waals surface area contributed by atoms with Gasteiger partial charge in [-0.2, -0.15) is 0 Å². The molecule has 2 rings (SSSR count). The summed E-state index contributed by atoms with van der Waals surface area (Å²) < 4.78 is 0. The zero-order chi connectivity index (χ0) is 9.97. The molecule has 1 N–H and O–H groups in total. The Balaban J connectivity index is 2.61. The third-order valence-corrected chi connectivity index (χ3v) is 2.31. The summed E-state index contributed by atoms with van der Waals surface area (Å²) in [6.07, 6.45) is 0. The highest BCUT2D eigenvalue weighted by Gasteiger charge is 2.06. The van der Waals surface area contributed by atoms with Crippen molar-refractivity contribution < 1.29 is 5.11 Å². The molecule has 0 fully saturated rings. The van der Waals surface area contributed by atoms with Gasteiger partial charge >= 0.3 is 0 Å². The summed E-state index contributed by atoms with van der Waals surface area (Å²) in [6.45, 7) is 0. The Morgan fingerprint density at radius 1 is 1.07 bits per heavy atom. The van der Waals surface area contributed by atoms with Crippen molar-refractivity contribution in [3.05, 3.63) is 53.6 Å². The quantitative estimate of drug-likeness (QED) is 0.752. The van der Waals surface area contributed by atoms with Gasteiger partial charge in [0.15, 0.2) is 0 Å². The van der Waals surface area contributed by atoms with Gasteiger partial charge in [-0.3, -0.25) is 0 Å². The molecule has 1 radical (unpaired) electrons. The minimum absolute atomic E-state index is 0.195. The van der Waals surface area contributed by atoms with Crippen LogP contribution in [0.15, 0.2) is 42.5 Å². The Bertz CT molecular complexity index is 408. The molecule has 14 heavy (non-hydrogen) atoms. The van der Waals surface area contributed by atoms with E-state index in [4.69, 9.17) is 11.6 Å². The molecule has 0 aliphatic rings. The summed E-state index contributed by atoms with van der Waals surface area (Å²) in [5, 5.41) is 10.2. The molecule has 0 amide bonds. The van der Waals surface area contributed by atoms with Crippen LogP contribution in [0.25, 0.3) is 11.1 Å². The van der Waals surface area contributed by atoms with Crippen molar-refractivity contribution in [1.82, 2.24) is 0 Å².